The van der Waals surface area contributed by atoms with E-state index in [2.05, 4.69) is 35.1 Å². The van der Waals surface area contributed by atoms with Crippen LogP contribution < -0.4 is 14.8 Å². The van der Waals surface area contributed by atoms with Crippen molar-refractivity contribution in [2.75, 3.05) is 19.0 Å². The van der Waals surface area contributed by atoms with Crippen molar-refractivity contribution in [1.82, 2.24) is 0 Å². The second kappa shape index (κ2) is 8.90. The predicted octanol–water partition coefficient (Wildman–Crippen LogP) is 5.23. The maximum absolute atomic E-state index is 12.8. The highest BCUT2D eigenvalue weighted by Crippen LogP contribution is 2.37. The topological polar surface area (TPSA) is 47.6 Å². The van der Waals surface area contributed by atoms with Gasteiger partial charge in [-0.15, -0.1) is 0 Å². The van der Waals surface area contributed by atoms with Crippen molar-refractivity contribution in [3.63, 3.8) is 0 Å². The van der Waals surface area contributed by atoms with Gasteiger partial charge in [-0.25, -0.2) is 0 Å². The molecule has 0 fully saturated rings. The number of anilines is 1. The quantitative estimate of drug-likeness (QED) is 0.685. The molecule has 0 radical (unpaired) electrons. The van der Waals surface area contributed by atoms with Crippen molar-refractivity contribution in [3.05, 3.63) is 51.5 Å². The molecule has 2 rings (SSSR count). The lowest BCUT2D eigenvalue weighted by molar-refractivity contribution is 0.102. The number of nitrogens with one attached hydrogen (secondary N) is 1. The average Bonchev–Trinajstić information content (AvgIpc) is 2.63. The molecule has 4 nitrogen and oxygen atoms in total. The van der Waals surface area contributed by atoms with Gasteiger partial charge in [-0.2, -0.15) is 0 Å². The van der Waals surface area contributed by atoms with Gasteiger partial charge < -0.3 is 14.8 Å². The number of hydrogen-bond acceptors (Lipinski definition) is 3. The largest absolute Gasteiger partial charge is 0.493 e. The van der Waals surface area contributed by atoms with E-state index < -0.39 is 0 Å². The van der Waals surface area contributed by atoms with Crippen LogP contribution in [-0.2, 0) is 12.8 Å². The Bertz CT molecular complexity index is 737. The van der Waals surface area contributed by atoms with Gasteiger partial charge >= 0.3 is 0 Å². The molecule has 1 amide bonds. The van der Waals surface area contributed by atoms with Crippen molar-refractivity contribution in [2.24, 2.45) is 0 Å². The number of hydrogen-bond donors (Lipinski definition) is 1. The lowest BCUT2D eigenvalue weighted by Gasteiger charge is -2.16. The molecule has 0 spiro atoms. The number of para-hydroxylation sites is 1. The third kappa shape index (κ3) is 4.34. The number of amides is 1. The van der Waals surface area contributed by atoms with Gasteiger partial charge in [-0.05, 0) is 59.0 Å². The first-order chi connectivity index (χ1) is 12.0. The molecule has 0 aliphatic carbocycles. The van der Waals surface area contributed by atoms with Crippen LogP contribution in [-0.4, -0.2) is 19.6 Å². The van der Waals surface area contributed by atoms with Crippen LogP contribution in [0.4, 0.5) is 5.69 Å². The van der Waals surface area contributed by atoms with Crippen LogP contribution in [0.25, 0.3) is 0 Å². The Labute approximate surface area is 157 Å². The molecular formula is C20H24BrNO3. The molecule has 0 aliphatic rings. The summed E-state index contributed by atoms with van der Waals surface area (Å²) in [5.74, 6) is 0.961. The van der Waals surface area contributed by atoms with Gasteiger partial charge in [-0.1, -0.05) is 32.0 Å². The van der Waals surface area contributed by atoms with E-state index in [4.69, 9.17) is 9.47 Å². The average molecular weight is 406 g/mol. The molecule has 25 heavy (non-hydrogen) atoms. The molecule has 2 aromatic rings. The Morgan fingerprint density at radius 1 is 1.12 bits per heavy atom. The minimum absolute atomic E-state index is 0.169. The van der Waals surface area contributed by atoms with Crippen LogP contribution in [0.3, 0.4) is 0 Å². The molecule has 0 saturated heterocycles. The summed E-state index contributed by atoms with van der Waals surface area (Å²) >= 11 is 3.46. The third-order valence-electron chi connectivity index (χ3n) is 4.02. The van der Waals surface area contributed by atoms with Crippen LogP contribution in [0.2, 0.25) is 0 Å². The van der Waals surface area contributed by atoms with Crippen molar-refractivity contribution in [3.8, 4) is 11.5 Å². The summed E-state index contributed by atoms with van der Waals surface area (Å²) in [4.78, 5) is 12.8. The molecule has 1 N–H and O–H groups in total. The molecule has 0 saturated carbocycles. The van der Waals surface area contributed by atoms with Crippen molar-refractivity contribution >= 4 is 27.5 Å². The second-order valence-corrected chi connectivity index (χ2v) is 6.39. The van der Waals surface area contributed by atoms with Crippen LogP contribution in [0, 0.1) is 0 Å². The molecule has 5 heteroatoms. The van der Waals surface area contributed by atoms with E-state index in [1.165, 1.54) is 0 Å². The zero-order valence-corrected chi connectivity index (χ0v) is 16.7. The number of carbonyl (C=O) groups is 1. The maximum atomic E-state index is 12.8. The van der Waals surface area contributed by atoms with Crippen molar-refractivity contribution in [1.29, 1.82) is 0 Å². The molecule has 134 valence electrons. The molecule has 0 aromatic heterocycles. The second-order valence-electron chi connectivity index (χ2n) is 5.53. The highest BCUT2D eigenvalue weighted by atomic mass is 79.9. The van der Waals surface area contributed by atoms with Crippen LogP contribution in [0.1, 0.15) is 42.3 Å². The summed E-state index contributed by atoms with van der Waals surface area (Å²) in [6.45, 7) is 6.59. The maximum Gasteiger partial charge on any atom is 0.255 e. The van der Waals surface area contributed by atoms with Crippen molar-refractivity contribution in [2.45, 2.75) is 33.6 Å². The fraction of sp³-hybridized carbons (Fsp3) is 0.350. The SMILES string of the molecule is CCOc1c(Br)cc(C(=O)Nc2c(CC)cccc2CC)cc1OC. The van der Waals surface area contributed by atoms with Gasteiger partial charge in [0.2, 0.25) is 0 Å². The molecule has 0 bridgehead atoms. The van der Waals surface area contributed by atoms with Gasteiger partial charge in [0.1, 0.15) is 0 Å². The Morgan fingerprint density at radius 3 is 2.28 bits per heavy atom. The number of carbonyl (C=O) groups excluding carboxylic acids is 1. The molecular weight excluding hydrogens is 382 g/mol. The monoisotopic (exact) mass is 405 g/mol. The van der Waals surface area contributed by atoms with Crippen LogP contribution in [0.5, 0.6) is 11.5 Å². The number of methoxy groups -OCH3 is 1. The fourth-order valence-electron chi connectivity index (χ4n) is 2.72. The Morgan fingerprint density at radius 2 is 1.76 bits per heavy atom. The molecule has 2 aromatic carbocycles. The van der Waals surface area contributed by atoms with Gasteiger partial charge in [0.15, 0.2) is 11.5 Å². The lowest BCUT2D eigenvalue weighted by atomic mass is 10.0. The number of ether oxygens (including phenoxy) is 2. The fourth-order valence-corrected chi connectivity index (χ4v) is 3.28. The van der Waals surface area contributed by atoms with Gasteiger partial charge in [0, 0.05) is 11.3 Å². The van der Waals surface area contributed by atoms with E-state index in [0.29, 0.717) is 28.1 Å². The zero-order chi connectivity index (χ0) is 18.4. The van der Waals surface area contributed by atoms with Crippen LogP contribution in [0.15, 0.2) is 34.8 Å². The smallest absolute Gasteiger partial charge is 0.255 e. The minimum atomic E-state index is -0.169. The summed E-state index contributed by atoms with van der Waals surface area (Å²) in [5.41, 5.74) is 3.68. The van der Waals surface area contributed by atoms with Gasteiger partial charge in [0.05, 0.1) is 18.2 Å². The van der Waals surface area contributed by atoms with E-state index in [-0.39, 0.29) is 5.91 Å². The van der Waals surface area contributed by atoms with E-state index >= 15 is 0 Å². The summed E-state index contributed by atoms with van der Waals surface area (Å²) in [6, 6.07) is 9.57. The third-order valence-corrected chi connectivity index (χ3v) is 4.61. The number of benzene rings is 2. The molecule has 0 aliphatic heterocycles. The first-order valence-electron chi connectivity index (χ1n) is 8.48. The number of aryl methyl sites for hydroxylation is 2. The molecule has 0 atom stereocenters. The minimum Gasteiger partial charge on any atom is -0.493 e. The Kier molecular flexibility index (Phi) is 6.88. The number of halogens is 1. The number of rotatable bonds is 7. The van der Waals surface area contributed by atoms with E-state index in [1.54, 1.807) is 19.2 Å². The van der Waals surface area contributed by atoms with E-state index in [1.807, 2.05) is 25.1 Å². The molecule has 0 unspecified atom stereocenters. The molecule has 0 heterocycles. The first kappa shape index (κ1) is 19.3. The Balaban J connectivity index is 2.38. The lowest BCUT2D eigenvalue weighted by Crippen LogP contribution is -2.15. The first-order valence-corrected chi connectivity index (χ1v) is 9.27. The van der Waals surface area contributed by atoms with E-state index in [0.717, 1.165) is 29.7 Å². The summed E-state index contributed by atoms with van der Waals surface area (Å²) in [7, 11) is 1.56. The van der Waals surface area contributed by atoms with Crippen molar-refractivity contribution < 1.29 is 14.3 Å². The predicted molar refractivity (Wildman–Crippen MR) is 105 cm³/mol. The highest BCUT2D eigenvalue weighted by Gasteiger charge is 2.17. The standard InChI is InChI=1S/C20H24BrNO3/c1-5-13-9-8-10-14(6-2)18(13)22-20(23)15-11-16(21)19(25-7-3)17(12-15)24-4/h8-12H,5-7H2,1-4H3,(H,22,23). The highest BCUT2D eigenvalue weighted by molar-refractivity contribution is 9.10. The van der Waals surface area contributed by atoms with Gasteiger partial charge in [0.25, 0.3) is 5.91 Å². The van der Waals surface area contributed by atoms with E-state index in [9.17, 15) is 4.79 Å². The summed E-state index contributed by atoms with van der Waals surface area (Å²) < 4.78 is 11.6. The van der Waals surface area contributed by atoms with Crippen LogP contribution >= 0.6 is 15.9 Å². The zero-order valence-electron chi connectivity index (χ0n) is 15.1. The van der Waals surface area contributed by atoms with Gasteiger partial charge in [-0.3, -0.25) is 4.79 Å². The summed E-state index contributed by atoms with van der Waals surface area (Å²) in [6.07, 6.45) is 1.72. The Hall–Kier alpha value is -2.01. The normalized spacial score (nSPS) is 10.4. The summed E-state index contributed by atoms with van der Waals surface area (Å²) in [5, 5.41) is 3.07.